The first-order valence-corrected chi connectivity index (χ1v) is 8.98. The Bertz CT molecular complexity index is 974. The van der Waals surface area contributed by atoms with Crippen molar-refractivity contribution >= 4 is 16.6 Å². The van der Waals surface area contributed by atoms with Crippen molar-refractivity contribution in [3.63, 3.8) is 0 Å². The molecule has 27 heavy (non-hydrogen) atoms. The van der Waals surface area contributed by atoms with Crippen molar-refractivity contribution in [2.75, 3.05) is 5.73 Å². The summed E-state index contributed by atoms with van der Waals surface area (Å²) in [6, 6.07) is 13.0. The fraction of sp³-hybridized carbons (Fsp3) is 0.333. The minimum atomic E-state index is -1.17. The van der Waals surface area contributed by atoms with E-state index in [1.165, 1.54) is 12.1 Å². The molecule has 0 aliphatic heterocycles. The van der Waals surface area contributed by atoms with Gasteiger partial charge in [-0.1, -0.05) is 37.3 Å². The van der Waals surface area contributed by atoms with Gasteiger partial charge in [-0.3, -0.25) is 0 Å². The molecule has 0 amide bonds. The van der Waals surface area contributed by atoms with Crippen LogP contribution in [0.4, 0.5) is 10.1 Å². The smallest absolute Gasteiger partial charge is 0.147 e. The lowest BCUT2D eigenvalue weighted by molar-refractivity contribution is -0.0764. The first kappa shape index (κ1) is 18.0. The van der Waals surface area contributed by atoms with E-state index in [4.69, 9.17) is 5.73 Å². The summed E-state index contributed by atoms with van der Waals surface area (Å²) in [6.45, 7) is 1.75. The van der Waals surface area contributed by atoms with Gasteiger partial charge in [0, 0.05) is 22.7 Å². The minimum Gasteiger partial charge on any atom is -0.398 e. The molecule has 0 saturated heterocycles. The number of hydrogen-bond acceptors (Lipinski definition) is 4. The summed E-state index contributed by atoms with van der Waals surface area (Å²) < 4.78 is 16.1. The molecule has 3 aromatic rings. The topological polar surface area (TPSA) is 91.6 Å². The monoisotopic (exact) mass is 370 g/mol. The minimum absolute atomic E-state index is 0.281. The number of nitrogens with zero attached hydrogens (tertiary/aromatic N) is 1. The van der Waals surface area contributed by atoms with Crippen LogP contribution >= 0.6 is 0 Å². The highest BCUT2D eigenvalue weighted by Gasteiger charge is 2.54. The van der Waals surface area contributed by atoms with Gasteiger partial charge in [-0.15, -0.1) is 0 Å². The highest BCUT2D eigenvalue weighted by Crippen LogP contribution is 2.52. The maximum atomic E-state index is 14.5. The van der Waals surface area contributed by atoms with E-state index >= 15 is 0 Å². The lowest BCUT2D eigenvalue weighted by atomic mass is 9.77. The third-order valence-corrected chi connectivity index (χ3v) is 6.00. The average molecular weight is 370 g/mol. The first-order valence-electron chi connectivity index (χ1n) is 8.98. The number of benzene rings is 2. The predicted molar refractivity (Wildman–Crippen MR) is 101 cm³/mol. The van der Waals surface area contributed by atoms with Gasteiger partial charge in [0.15, 0.2) is 0 Å². The molecule has 0 unspecified atom stereocenters. The normalized spacial score (nSPS) is 29.3. The van der Waals surface area contributed by atoms with Gasteiger partial charge in [0.05, 0.1) is 23.8 Å². The van der Waals surface area contributed by atoms with Gasteiger partial charge in [-0.05, 0) is 30.2 Å². The van der Waals surface area contributed by atoms with E-state index in [9.17, 15) is 19.7 Å². The summed E-state index contributed by atoms with van der Waals surface area (Å²) in [5.41, 5.74) is 6.37. The molecular weight excluding hydrogens is 347 g/mol. The third-order valence-electron chi connectivity index (χ3n) is 6.00. The van der Waals surface area contributed by atoms with Crippen molar-refractivity contribution in [2.24, 2.45) is 5.41 Å². The maximum absolute atomic E-state index is 14.5. The van der Waals surface area contributed by atoms with Gasteiger partial charge in [-0.2, -0.15) is 0 Å². The molecule has 1 fully saturated rings. The lowest BCUT2D eigenvalue weighted by Crippen LogP contribution is -2.38. The molecule has 1 aromatic heterocycles. The third kappa shape index (κ3) is 2.64. The molecule has 0 spiro atoms. The first-order chi connectivity index (χ1) is 12.8. The van der Waals surface area contributed by atoms with E-state index in [2.05, 4.69) is 0 Å². The zero-order valence-electron chi connectivity index (χ0n) is 15.0. The second kappa shape index (κ2) is 6.34. The summed E-state index contributed by atoms with van der Waals surface area (Å²) in [7, 11) is 0. The number of nitrogen functional groups attached to an aromatic ring is 1. The van der Waals surface area contributed by atoms with Crippen LogP contribution in [0.5, 0.6) is 0 Å². The molecule has 0 bridgehead atoms. The van der Waals surface area contributed by atoms with Crippen molar-refractivity contribution in [1.29, 1.82) is 0 Å². The number of halogens is 1. The fourth-order valence-corrected chi connectivity index (χ4v) is 4.39. The molecule has 4 rings (SSSR count). The SMILES string of the molecule is C[C@]1([C@@H](O)c2ccccc2)C[C@@H](n2ccc3c(N)ccc(F)c32)[C@H](O)[C@@H]1O. The summed E-state index contributed by atoms with van der Waals surface area (Å²) in [5, 5.41) is 33.0. The van der Waals surface area contributed by atoms with Crippen LogP contribution in [0.2, 0.25) is 0 Å². The second-order valence-corrected chi connectivity index (χ2v) is 7.65. The Morgan fingerprint density at radius 3 is 2.56 bits per heavy atom. The number of anilines is 1. The summed E-state index contributed by atoms with van der Waals surface area (Å²) in [5.74, 6) is -0.442. The summed E-state index contributed by atoms with van der Waals surface area (Å²) in [6.07, 6.45) is -1.33. The maximum Gasteiger partial charge on any atom is 0.147 e. The molecule has 2 aromatic carbocycles. The van der Waals surface area contributed by atoms with Crippen LogP contribution < -0.4 is 5.73 Å². The molecule has 1 heterocycles. The van der Waals surface area contributed by atoms with E-state index in [1.54, 1.807) is 35.9 Å². The Kier molecular flexibility index (Phi) is 4.22. The molecule has 6 heteroatoms. The highest BCUT2D eigenvalue weighted by molar-refractivity contribution is 5.91. The van der Waals surface area contributed by atoms with Crippen molar-refractivity contribution in [3.05, 3.63) is 66.1 Å². The molecule has 1 aliphatic carbocycles. The second-order valence-electron chi connectivity index (χ2n) is 7.65. The van der Waals surface area contributed by atoms with Crippen molar-refractivity contribution in [2.45, 2.75) is 37.7 Å². The Morgan fingerprint density at radius 1 is 1.15 bits per heavy atom. The molecule has 1 saturated carbocycles. The van der Waals surface area contributed by atoms with Gasteiger partial charge in [0.1, 0.15) is 11.9 Å². The molecule has 0 radical (unpaired) electrons. The van der Waals surface area contributed by atoms with Crippen LogP contribution in [0, 0.1) is 11.2 Å². The number of hydrogen-bond donors (Lipinski definition) is 4. The van der Waals surface area contributed by atoms with Gasteiger partial charge in [0.2, 0.25) is 0 Å². The van der Waals surface area contributed by atoms with Crippen LogP contribution in [0.15, 0.2) is 54.7 Å². The summed E-state index contributed by atoms with van der Waals surface area (Å²) in [4.78, 5) is 0. The molecule has 5 nitrogen and oxygen atoms in total. The van der Waals surface area contributed by atoms with E-state index in [1.807, 2.05) is 18.2 Å². The van der Waals surface area contributed by atoms with Crippen LogP contribution in [-0.4, -0.2) is 32.1 Å². The van der Waals surface area contributed by atoms with E-state index < -0.39 is 35.6 Å². The van der Waals surface area contributed by atoms with Gasteiger partial charge in [-0.25, -0.2) is 4.39 Å². The fourth-order valence-electron chi connectivity index (χ4n) is 4.39. The molecule has 5 N–H and O–H groups in total. The number of aromatic nitrogens is 1. The largest absolute Gasteiger partial charge is 0.398 e. The average Bonchev–Trinajstić information content (AvgIpc) is 3.22. The highest BCUT2D eigenvalue weighted by atomic mass is 19.1. The van der Waals surface area contributed by atoms with Crippen LogP contribution in [0.3, 0.4) is 0 Å². The van der Waals surface area contributed by atoms with Crippen LogP contribution in [0.1, 0.15) is 31.1 Å². The summed E-state index contributed by atoms with van der Waals surface area (Å²) >= 11 is 0. The van der Waals surface area contributed by atoms with Gasteiger partial charge >= 0.3 is 0 Å². The van der Waals surface area contributed by atoms with Gasteiger partial charge in [0.25, 0.3) is 0 Å². The van der Waals surface area contributed by atoms with E-state index in [0.717, 1.165) is 0 Å². The zero-order valence-corrected chi connectivity index (χ0v) is 15.0. The molecule has 142 valence electrons. The van der Waals surface area contributed by atoms with E-state index in [-0.39, 0.29) is 6.42 Å². The number of fused-ring (bicyclic) bond motifs is 1. The Labute approximate surface area is 156 Å². The van der Waals surface area contributed by atoms with Crippen LogP contribution in [0.25, 0.3) is 10.9 Å². The molecular formula is C21H23FN2O3. The molecule has 5 atom stereocenters. The number of nitrogens with two attached hydrogens (primary N) is 1. The quantitative estimate of drug-likeness (QED) is 0.534. The Hall–Kier alpha value is -2.41. The van der Waals surface area contributed by atoms with Crippen molar-refractivity contribution in [1.82, 2.24) is 4.57 Å². The lowest BCUT2D eigenvalue weighted by Gasteiger charge is -2.34. The standard InChI is InChI=1S/C21H23FN2O3/c1-21(19(26)12-5-3-2-4-6-12)11-16(18(25)20(21)27)24-10-9-13-15(23)8-7-14(22)17(13)24/h2-10,16,18-20,25-27H,11,23H2,1H3/t16-,18+,19+,20+,21-/m1/s1. The van der Waals surface area contributed by atoms with Crippen LogP contribution in [-0.2, 0) is 0 Å². The number of rotatable bonds is 3. The number of aliphatic hydroxyl groups excluding tert-OH is 3. The Morgan fingerprint density at radius 2 is 1.85 bits per heavy atom. The zero-order chi connectivity index (χ0) is 19.3. The van der Waals surface area contributed by atoms with Crippen molar-refractivity contribution in [3.8, 4) is 0 Å². The predicted octanol–water partition coefficient (Wildman–Crippen LogP) is 2.77. The van der Waals surface area contributed by atoms with Gasteiger partial charge < -0.3 is 25.6 Å². The Balaban J connectivity index is 1.76. The number of aliphatic hydroxyl groups is 3. The van der Waals surface area contributed by atoms with E-state index in [0.29, 0.717) is 22.2 Å². The van der Waals surface area contributed by atoms with Crippen molar-refractivity contribution < 1.29 is 19.7 Å². The molecule has 1 aliphatic rings.